The average molecular weight is 375 g/mol. The first kappa shape index (κ1) is 17.6. The second-order valence-corrected chi connectivity index (χ2v) is 7.93. The van der Waals surface area contributed by atoms with Gasteiger partial charge in [0.1, 0.15) is 4.90 Å². The van der Waals surface area contributed by atoms with Gasteiger partial charge >= 0.3 is 21.9 Å². The average Bonchev–Trinajstić information content (AvgIpc) is 2.60. The normalized spacial score (nSPS) is 21.1. The number of quaternary nitrogens is 1. The van der Waals surface area contributed by atoms with E-state index in [1.807, 2.05) is 0 Å². The number of primary amides is 1. The summed E-state index contributed by atoms with van der Waals surface area (Å²) >= 11 is 0. The highest BCUT2D eigenvalue weighted by Crippen LogP contribution is 2.43. The second-order valence-electron chi connectivity index (χ2n) is 5.81. The van der Waals surface area contributed by atoms with E-state index in [1.165, 1.54) is 49.5 Å². The van der Waals surface area contributed by atoms with E-state index in [-0.39, 0.29) is 21.7 Å². The molecule has 1 aliphatic rings. The van der Waals surface area contributed by atoms with Crippen LogP contribution in [0.5, 0.6) is 0 Å². The SMILES string of the molecule is C[N+]1(c2cccc(C(=O)O)c2)C(C(N)=O)=C(O)c2ccccc2S1(=O)=O. The van der Waals surface area contributed by atoms with Crippen molar-refractivity contribution >= 4 is 33.3 Å². The van der Waals surface area contributed by atoms with E-state index in [0.29, 0.717) is 0 Å². The van der Waals surface area contributed by atoms with Crippen LogP contribution >= 0.6 is 0 Å². The number of carbonyl (C=O) groups excluding carboxylic acids is 1. The van der Waals surface area contributed by atoms with E-state index in [9.17, 15) is 28.2 Å². The van der Waals surface area contributed by atoms with Crippen molar-refractivity contribution in [1.29, 1.82) is 0 Å². The molecule has 1 amide bonds. The van der Waals surface area contributed by atoms with Crippen LogP contribution in [0.3, 0.4) is 0 Å². The van der Waals surface area contributed by atoms with Gasteiger partial charge in [-0.2, -0.15) is 8.42 Å². The number of hydrogen-bond donors (Lipinski definition) is 3. The first-order valence-corrected chi connectivity index (χ1v) is 8.85. The molecule has 0 aliphatic carbocycles. The number of aliphatic hydroxyl groups is 1. The van der Waals surface area contributed by atoms with E-state index in [2.05, 4.69) is 0 Å². The number of likely N-dealkylation sites (N-methyl/N-ethyl adjacent to an activating group) is 1. The Hall–Kier alpha value is -3.17. The van der Waals surface area contributed by atoms with Gasteiger partial charge in [-0.3, -0.25) is 4.79 Å². The Labute approximate surface area is 149 Å². The molecule has 134 valence electrons. The van der Waals surface area contributed by atoms with Crippen LogP contribution in [0, 0.1) is 0 Å². The van der Waals surface area contributed by atoms with Gasteiger partial charge in [-0.05, 0) is 18.2 Å². The fourth-order valence-corrected chi connectivity index (χ4v) is 4.93. The van der Waals surface area contributed by atoms with Crippen molar-refractivity contribution < 1.29 is 28.2 Å². The minimum Gasteiger partial charge on any atom is -0.502 e. The molecule has 0 spiro atoms. The third-order valence-corrected chi connectivity index (χ3v) is 6.64. The predicted octanol–water partition coefficient (Wildman–Crippen LogP) is 1.44. The summed E-state index contributed by atoms with van der Waals surface area (Å²) in [4.78, 5) is 23.2. The maximum Gasteiger partial charge on any atom is 0.337 e. The van der Waals surface area contributed by atoms with Crippen LogP contribution in [0.25, 0.3) is 5.76 Å². The molecule has 9 heteroatoms. The molecule has 4 N–H and O–H groups in total. The molecule has 0 bridgehead atoms. The molecule has 0 saturated heterocycles. The summed E-state index contributed by atoms with van der Waals surface area (Å²) in [5, 5.41) is 19.8. The van der Waals surface area contributed by atoms with E-state index in [0.717, 1.165) is 6.07 Å². The number of amides is 1. The molecule has 3 rings (SSSR count). The molecule has 0 fully saturated rings. The number of nitrogens with two attached hydrogens (primary N) is 1. The van der Waals surface area contributed by atoms with E-state index >= 15 is 0 Å². The lowest BCUT2D eigenvalue weighted by atomic mass is 10.1. The van der Waals surface area contributed by atoms with Crippen molar-refractivity contribution in [3.05, 3.63) is 65.4 Å². The van der Waals surface area contributed by atoms with Crippen molar-refractivity contribution in [3.8, 4) is 0 Å². The van der Waals surface area contributed by atoms with E-state index < -0.39 is 37.2 Å². The van der Waals surface area contributed by atoms with Gasteiger partial charge in [0.2, 0.25) is 0 Å². The monoisotopic (exact) mass is 375 g/mol. The number of benzene rings is 2. The first-order valence-electron chi connectivity index (χ1n) is 7.41. The zero-order chi connectivity index (χ0) is 19.3. The van der Waals surface area contributed by atoms with Gasteiger partial charge in [0, 0.05) is 17.7 Å². The van der Waals surface area contributed by atoms with Gasteiger partial charge in [-0.15, -0.1) is 3.89 Å². The summed E-state index contributed by atoms with van der Waals surface area (Å²) in [6.07, 6.45) is 0. The Morgan fingerprint density at radius 2 is 1.73 bits per heavy atom. The fourth-order valence-electron chi connectivity index (χ4n) is 3.03. The Balaban J connectivity index is 2.46. The molecule has 8 nitrogen and oxygen atoms in total. The summed E-state index contributed by atoms with van der Waals surface area (Å²) in [5.74, 6) is -2.96. The highest BCUT2D eigenvalue weighted by Gasteiger charge is 2.54. The summed E-state index contributed by atoms with van der Waals surface area (Å²) in [5.41, 5.74) is 4.58. The Bertz CT molecular complexity index is 1090. The topological polar surface area (TPSA) is 135 Å². The maximum absolute atomic E-state index is 13.3. The smallest absolute Gasteiger partial charge is 0.337 e. The minimum absolute atomic E-state index is 0.0358. The fraction of sp³-hybridized carbons (Fsp3) is 0.0588. The highest BCUT2D eigenvalue weighted by atomic mass is 32.2. The molecule has 2 aromatic rings. The van der Waals surface area contributed by atoms with Gasteiger partial charge in [0.15, 0.2) is 11.4 Å². The minimum atomic E-state index is -4.28. The molecule has 2 aromatic carbocycles. The van der Waals surface area contributed by atoms with Crippen LogP contribution in [0.2, 0.25) is 0 Å². The van der Waals surface area contributed by atoms with Crippen molar-refractivity contribution in [3.63, 3.8) is 0 Å². The first-order chi connectivity index (χ1) is 12.1. The zero-order valence-corrected chi connectivity index (χ0v) is 14.4. The molecule has 1 heterocycles. The quantitative estimate of drug-likeness (QED) is 0.695. The number of rotatable bonds is 3. The molecule has 26 heavy (non-hydrogen) atoms. The van der Waals surface area contributed by atoms with Crippen LogP contribution in [-0.4, -0.2) is 37.6 Å². The van der Waals surface area contributed by atoms with Crippen LogP contribution < -0.4 is 9.62 Å². The van der Waals surface area contributed by atoms with Crippen LogP contribution in [0.4, 0.5) is 5.69 Å². The largest absolute Gasteiger partial charge is 0.502 e. The molecular formula is C17H15N2O6S+. The van der Waals surface area contributed by atoms with Gasteiger partial charge in [0.25, 0.3) is 5.70 Å². The highest BCUT2D eigenvalue weighted by molar-refractivity contribution is 7.91. The second kappa shape index (κ2) is 5.68. The predicted molar refractivity (Wildman–Crippen MR) is 93.5 cm³/mol. The van der Waals surface area contributed by atoms with Gasteiger partial charge in [-0.1, -0.05) is 18.2 Å². The summed E-state index contributed by atoms with van der Waals surface area (Å²) in [6, 6.07) is 10.8. The third-order valence-electron chi connectivity index (χ3n) is 4.37. The standard InChI is InChI=1S/C17H14N2O6S/c1-19(11-6-4-5-10(9-11)17(22)23)14(16(18)21)15(20)12-7-2-3-8-13(12)26(19,24)25/h2-9H,1H3,(H3-,18,20,21,22,23)/p+1. The molecule has 0 saturated carbocycles. The lowest BCUT2D eigenvalue weighted by Gasteiger charge is -2.36. The number of sulfonamides is 1. The van der Waals surface area contributed by atoms with Gasteiger partial charge in [0.05, 0.1) is 12.6 Å². The number of carboxylic acid groups (broad SMARTS) is 1. The number of aromatic carboxylic acids is 1. The van der Waals surface area contributed by atoms with Crippen LogP contribution in [0.1, 0.15) is 15.9 Å². The summed E-state index contributed by atoms with van der Waals surface area (Å²) in [7, 11) is -3.11. The number of carbonyl (C=O) groups is 2. The molecule has 1 unspecified atom stereocenters. The van der Waals surface area contributed by atoms with Crippen LogP contribution in [-0.2, 0) is 14.8 Å². The molecular weight excluding hydrogens is 360 g/mol. The lowest BCUT2D eigenvalue weighted by molar-refractivity contribution is -0.115. The number of fused-ring (bicyclic) bond motifs is 1. The van der Waals surface area contributed by atoms with Gasteiger partial charge in [-0.25, -0.2) is 4.79 Å². The summed E-state index contributed by atoms with van der Waals surface area (Å²) in [6.45, 7) is 0. The van der Waals surface area contributed by atoms with Crippen LogP contribution in [0.15, 0.2) is 59.1 Å². The Kier molecular flexibility index (Phi) is 3.86. The number of nitrogens with zero attached hydrogens (tertiary/aromatic N) is 1. The third kappa shape index (κ3) is 2.21. The molecule has 1 aliphatic heterocycles. The lowest BCUT2D eigenvalue weighted by Crippen LogP contribution is -2.55. The van der Waals surface area contributed by atoms with Crippen molar-refractivity contribution in [2.24, 2.45) is 5.73 Å². The Morgan fingerprint density at radius 3 is 2.35 bits per heavy atom. The Morgan fingerprint density at radius 1 is 1.08 bits per heavy atom. The van der Waals surface area contributed by atoms with Crippen molar-refractivity contribution in [1.82, 2.24) is 3.89 Å². The van der Waals surface area contributed by atoms with E-state index in [4.69, 9.17) is 5.73 Å². The van der Waals surface area contributed by atoms with Crippen molar-refractivity contribution in [2.75, 3.05) is 7.05 Å². The molecule has 0 aromatic heterocycles. The van der Waals surface area contributed by atoms with Gasteiger partial charge < -0.3 is 15.9 Å². The number of carboxylic acids is 1. The summed E-state index contributed by atoms with van der Waals surface area (Å²) < 4.78 is 25.5. The van der Waals surface area contributed by atoms with Crippen molar-refractivity contribution in [2.45, 2.75) is 4.90 Å². The zero-order valence-electron chi connectivity index (χ0n) is 13.6. The number of aliphatic hydroxyl groups excluding tert-OH is 1. The maximum atomic E-state index is 13.3. The van der Waals surface area contributed by atoms with E-state index in [1.54, 1.807) is 0 Å². The molecule has 1 atom stereocenters. The molecule has 0 radical (unpaired) electrons. The number of hydrogen-bond acceptors (Lipinski definition) is 5.